The van der Waals surface area contributed by atoms with Crippen LogP contribution in [0, 0.1) is 0 Å². The summed E-state index contributed by atoms with van der Waals surface area (Å²) in [6.07, 6.45) is 0.549. The van der Waals surface area contributed by atoms with Crippen molar-refractivity contribution in [1.82, 2.24) is 5.32 Å². The Kier molecular flexibility index (Phi) is 6.26. The number of amides is 1. The fourth-order valence-corrected chi connectivity index (χ4v) is 3.96. The molecule has 5 heteroatoms. The molecule has 1 aromatic rings. The summed E-state index contributed by atoms with van der Waals surface area (Å²) in [5.74, 6) is 2.27. The summed E-state index contributed by atoms with van der Waals surface area (Å²) in [6, 6.07) is 8.33. The largest absolute Gasteiger partial charge is 0.325 e. The highest BCUT2D eigenvalue weighted by Crippen LogP contribution is 2.30. The van der Waals surface area contributed by atoms with Crippen molar-refractivity contribution in [2.75, 3.05) is 23.4 Å². The van der Waals surface area contributed by atoms with Gasteiger partial charge in [-0.25, -0.2) is 0 Å². The van der Waals surface area contributed by atoms with Crippen molar-refractivity contribution in [3.8, 4) is 0 Å². The van der Waals surface area contributed by atoms with Crippen LogP contribution < -0.4 is 10.6 Å². The number of anilines is 1. The summed E-state index contributed by atoms with van der Waals surface area (Å²) in [4.78, 5) is 13.3. The Morgan fingerprint density at radius 3 is 3.00 bits per heavy atom. The Morgan fingerprint density at radius 1 is 1.50 bits per heavy atom. The normalized spacial score (nSPS) is 19.1. The number of carbonyl (C=O) groups is 1. The molecule has 0 saturated carbocycles. The van der Waals surface area contributed by atoms with Gasteiger partial charge in [0.15, 0.2) is 0 Å². The first kappa shape index (κ1) is 15.7. The molecule has 1 fully saturated rings. The topological polar surface area (TPSA) is 41.1 Å². The van der Waals surface area contributed by atoms with Gasteiger partial charge in [-0.3, -0.25) is 4.79 Å². The molecule has 0 bridgehead atoms. The van der Waals surface area contributed by atoms with Crippen LogP contribution >= 0.6 is 23.5 Å². The minimum atomic E-state index is 0.0989. The number of benzene rings is 1. The molecule has 20 heavy (non-hydrogen) atoms. The van der Waals surface area contributed by atoms with Gasteiger partial charge in [0.2, 0.25) is 5.91 Å². The molecule has 2 rings (SSSR count). The maximum atomic E-state index is 12.1. The van der Waals surface area contributed by atoms with Gasteiger partial charge in [0.25, 0.3) is 0 Å². The summed E-state index contributed by atoms with van der Waals surface area (Å²) in [5, 5.41) is 6.95. The molecule has 1 amide bonds. The second-order valence-electron chi connectivity index (χ2n) is 5.14. The molecule has 1 aromatic carbocycles. The molecule has 1 atom stereocenters. The van der Waals surface area contributed by atoms with Crippen molar-refractivity contribution in [3.63, 3.8) is 0 Å². The van der Waals surface area contributed by atoms with E-state index >= 15 is 0 Å². The Labute approximate surface area is 129 Å². The average molecular weight is 310 g/mol. The van der Waals surface area contributed by atoms with Crippen molar-refractivity contribution in [1.29, 1.82) is 0 Å². The third-order valence-electron chi connectivity index (χ3n) is 2.95. The predicted octanol–water partition coefficient (Wildman–Crippen LogP) is 3.22. The van der Waals surface area contributed by atoms with E-state index in [1.807, 2.05) is 30.0 Å². The molecule has 110 valence electrons. The summed E-state index contributed by atoms with van der Waals surface area (Å²) in [6.45, 7) is 5.32. The minimum Gasteiger partial charge on any atom is -0.325 e. The van der Waals surface area contributed by atoms with Crippen LogP contribution in [0.5, 0.6) is 0 Å². The zero-order valence-electron chi connectivity index (χ0n) is 12.0. The SMILES string of the molecule is CC(C)Sc1ccccc1NC(=O)CC1CSCCN1. The molecular weight excluding hydrogens is 288 g/mol. The Morgan fingerprint density at radius 2 is 2.30 bits per heavy atom. The molecule has 1 aliphatic heterocycles. The van der Waals surface area contributed by atoms with Crippen molar-refractivity contribution < 1.29 is 4.79 Å². The van der Waals surface area contributed by atoms with E-state index in [1.54, 1.807) is 11.8 Å². The van der Waals surface area contributed by atoms with E-state index in [0.717, 1.165) is 28.6 Å². The van der Waals surface area contributed by atoms with Crippen LogP contribution in [0.25, 0.3) is 0 Å². The lowest BCUT2D eigenvalue weighted by atomic mass is 10.2. The average Bonchev–Trinajstić information content (AvgIpc) is 2.41. The molecule has 1 unspecified atom stereocenters. The van der Waals surface area contributed by atoms with Crippen molar-refractivity contribution in [3.05, 3.63) is 24.3 Å². The van der Waals surface area contributed by atoms with Crippen LogP contribution in [0.4, 0.5) is 5.69 Å². The molecule has 1 heterocycles. The lowest BCUT2D eigenvalue weighted by molar-refractivity contribution is -0.116. The van der Waals surface area contributed by atoms with Gasteiger partial charge in [-0.1, -0.05) is 26.0 Å². The maximum Gasteiger partial charge on any atom is 0.226 e. The number of hydrogen-bond donors (Lipinski definition) is 2. The van der Waals surface area contributed by atoms with Gasteiger partial charge in [0, 0.05) is 40.7 Å². The summed E-state index contributed by atoms with van der Waals surface area (Å²) in [5.41, 5.74) is 0.930. The fraction of sp³-hybridized carbons (Fsp3) is 0.533. The lowest BCUT2D eigenvalue weighted by Gasteiger charge is -2.22. The van der Waals surface area contributed by atoms with E-state index in [2.05, 4.69) is 30.5 Å². The Hall–Kier alpha value is -0.650. The number of nitrogens with one attached hydrogen (secondary N) is 2. The number of hydrogen-bond acceptors (Lipinski definition) is 4. The van der Waals surface area contributed by atoms with E-state index in [1.165, 1.54) is 0 Å². The highest BCUT2D eigenvalue weighted by atomic mass is 32.2. The Bertz CT molecular complexity index is 445. The molecule has 3 nitrogen and oxygen atoms in total. The first-order valence-electron chi connectivity index (χ1n) is 7.02. The number of carbonyl (C=O) groups excluding carboxylic acids is 1. The molecule has 0 aliphatic carbocycles. The van der Waals surface area contributed by atoms with E-state index < -0.39 is 0 Å². The van der Waals surface area contributed by atoms with Crippen LogP contribution in [-0.2, 0) is 4.79 Å². The third-order valence-corrected chi connectivity index (χ3v) is 5.17. The molecule has 2 N–H and O–H groups in total. The van der Waals surface area contributed by atoms with E-state index in [9.17, 15) is 4.79 Å². The van der Waals surface area contributed by atoms with Crippen molar-refractivity contribution in [2.45, 2.75) is 36.5 Å². The summed E-state index contributed by atoms with van der Waals surface area (Å²) < 4.78 is 0. The van der Waals surface area contributed by atoms with Gasteiger partial charge >= 0.3 is 0 Å². The number of thioether (sulfide) groups is 2. The van der Waals surface area contributed by atoms with Crippen molar-refractivity contribution in [2.24, 2.45) is 0 Å². The van der Waals surface area contributed by atoms with Gasteiger partial charge in [-0.15, -0.1) is 11.8 Å². The maximum absolute atomic E-state index is 12.1. The molecule has 0 radical (unpaired) electrons. The lowest BCUT2D eigenvalue weighted by Crippen LogP contribution is -2.39. The van der Waals surface area contributed by atoms with Gasteiger partial charge in [-0.05, 0) is 12.1 Å². The van der Waals surface area contributed by atoms with E-state index in [4.69, 9.17) is 0 Å². The van der Waals surface area contributed by atoms with Gasteiger partial charge < -0.3 is 10.6 Å². The standard InChI is InChI=1S/C15H22N2OS2/c1-11(2)20-14-6-4-3-5-13(14)17-15(18)9-12-10-19-8-7-16-12/h3-6,11-12,16H,7-10H2,1-2H3,(H,17,18). The second-order valence-corrected chi connectivity index (χ2v) is 7.91. The zero-order chi connectivity index (χ0) is 14.4. The predicted molar refractivity (Wildman–Crippen MR) is 89.8 cm³/mol. The highest BCUT2D eigenvalue weighted by Gasteiger charge is 2.17. The third kappa shape index (κ3) is 5.04. The van der Waals surface area contributed by atoms with Crippen LogP contribution in [0.2, 0.25) is 0 Å². The van der Waals surface area contributed by atoms with Crippen LogP contribution in [0.1, 0.15) is 20.3 Å². The van der Waals surface area contributed by atoms with Crippen LogP contribution in [0.3, 0.4) is 0 Å². The van der Waals surface area contributed by atoms with E-state index in [0.29, 0.717) is 17.7 Å². The minimum absolute atomic E-state index is 0.0989. The molecule has 1 saturated heterocycles. The molecule has 1 aliphatic rings. The summed E-state index contributed by atoms with van der Waals surface area (Å²) in [7, 11) is 0. The first-order valence-corrected chi connectivity index (χ1v) is 9.05. The number of rotatable bonds is 5. The molecular formula is C15H22N2OS2. The van der Waals surface area contributed by atoms with Gasteiger partial charge in [0.05, 0.1) is 5.69 Å². The quantitative estimate of drug-likeness (QED) is 0.819. The molecule has 0 spiro atoms. The van der Waals surface area contributed by atoms with Gasteiger partial charge in [-0.2, -0.15) is 11.8 Å². The van der Waals surface area contributed by atoms with Crippen LogP contribution in [0.15, 0.2) is 29.2 Å². The Balaban J connectivity index is 1.93. The van der Waals surface area contributed by atoms with E-state index in [-0.39, 0.29) is 5.91 Å². The van der Waals surface area contributed by atoms with Crippen molar-refractivity contribution >= 4 is 35.1 Å². The zero-order valence-corrected chi connectivity index (χ0v) is 13.7. The first-order chi connectivity index (χ1) is 9.65. The van der Waals surface area contributed by atoms with Gasteiger partial charge in [0.1, 0.15) is 0 Å². The fourth-order valence-electron chi connectivity index (χ4n) is 2.10. The highest BCUT2D eigenvalue weighted by molar-refractivity contribution is 8.00. The second kappa shape index (κ2) is 7.96. The number of para-hydroxylation sites is 1. The van der Waals surface area contributed by atoms with Crippen LogP contribution in [-0.4, -0.2) is 35.2 Å². The summed E-state index contributed by atoms with van der Waals surface area (Å²) >= 11 is 3.69. The monoisotopic (exact) mass is 310 g/mol. The molecule has 0 aromatic heterocycles. The smallest absolute Gasteiger partial charge is 0.226 e.